The fraction of sp³-hybridized carbons (Fsp3) is 0.174. The molecule has 0 bridgehead atoms. The molecule has 0 atom stereocenters. The lowest BCUT2D eigenvalue weighted by atomic mass is 10.1. The number of rotatable bonds is 9. The molecule has 0 saturated carbocycles. The van der Waals surface area contributed by atoms with E-state index in [0.29, 0.717) is 29.5 Å². The number of alkyl halides is 2. The Balaban J connectivity index is 1.77. The number of amides is 1. The van der Waals surface area contributed by atoms with E-state index in [0.717, 1.165) is 5.56 Å². The Morgan fingerprint density at radius 3 is 2.10 bits per heavy atom. The van der Waals surface area contributed by atoms with Gasteiger partial charge in [0.2, 0.25) is 5.75 Å². The summed E-state index contributed by atoms with van der Waals surface area (Å²) in [6.07, 6.45) is 0. The molecule has 0 heterocycles. The molecule has 162 valence electrons. The van der Waals surface area contributed by atoms with E-state index in [1.54, 1.807) is 0 Å². The fourth-order valence-electron chi connectivity index (χ4n) is 2.81. The number of anilines is 1. The molecule has 0 radical (unpaired) electrons. The Bertz CT molecular complexity index is 985. The zero-order valence-electron chi connectivity index (χ0n) is 16.9. The van der Waals surface area contributed by atoms with Crippen LogP contribution in [0, 0.1) is 0 Å². The van der Waals surface area contributed by atoms with Gasteiger partial charge >= 0.3 is 6.61 Å². The van der Waals surface area contributed by atoms with Crippen LogP contribution < -0.4 is 24.3 Å². The minimum absolute atomic E-state index is 0.00347. The molecule has 0 aliphatic rings. The highest BCUT2D eigenvalue weighted by molar-refractivity contribution is 6.05. The first kappa shape index (κ1) is 21.9. The first-order chi connectivity index (χ1) is 15.0. The second kappa shape index (κ2) is 10.3. The van der Waals surface area contributed by atoms with E-state index in [1.807, 2.05) is 30.3 Å². The molecule has 0 aliphatic heterocycles. The van der Waals surface area contributed by atoms with Crippen molar-refractivity contribution in [1.82, 2.24) is 0 Å². The Morgan fingerprint density at radius 1 is 0.935 bits per heavy atom. The van der Waals surface area contributed by atoms with Gasteiger partial charge in [-0.15, -0.1) is 0 Å². The highest BCUT2D eigenvalue weighted by atomic mass is 19.3. The predicted octanol–water partition coefficient (Wildman–Crippen LogP) is 5.14. The van der Waals surface area contributed by atoms with Crippen LogP contribution in [0.5, 0.6) is 23.0 Å². The van der Waals surface area contributed by atoms with E-state index < -0.39 is 12.5 Å². The van der Waals surface area contributed by atoms with Gasteiger partial charge in [0.25, 0.3) is 5.91 Å². The monoisotopic (exact) mass is 429 g/mol. The Labute approximate surface area is 178 Å². The maximum atomic E-state index is 12.7. The van der Waals surface area contributed by atoms with Crippen LogP contribution in [0.4, 0.5) is 14.5 Å². The van der Waals surface area contributed by atoms with Gasteiger partial charge in [-0.1, -0.05) is 30.3 Å². The largest absolute Gasteiger partial charge is 0.493 e. The number of methoxy groups -OCH3 is 2. The standard InChI is InChI=1S/C23H21F2NO5/c1-28-19-12-16(22(27)26-17-8-10-18(11-9-17)31-23(24)25)13-20(29-2)21(19)30-14-15-6-4-3-5-7-15/h3-13,23H,14H2,1-2H3,(H,26,27). The minimum Gasteiger partial charge on any atom is -0.493 e. The molecule has 0 fully saturated rings. The zero-order valence-corrected chi connectivity index (χ0v) is 16.9. The summed E-state index contributed by atoms with van der Waals surface area (Å²) in [5.41, 5.74) is 1.65. The van der Waals surface area contributed by atoms with Crippen LogP contribution in [0.2, 0.25) is 0 Å². The molecule has 1 N–H and O–H groups in total. The van der Waals surface area contributed by atoms with Crippen molar-refractivity contribution in [2.45, 2.75) is 13.2 Å². The van der Waals surface area contributed by atoms with Crippen LogP contribution in [-0.4, -0.2) is 26.7 Å². The smallest absolute Gasteiger partial charge is 0.387 e. The van der Waals surface area contributed by atoms with Crippen molar-refractivity contribution < 1.29 is 32.5 Å². The summed E-state index contributed by atoms with van der Waals surface area (Å²) in [5.74, 6) is 0.603. The van der Waals surface area contributed by atoms with Crippen molar-refractivity contribution >= 4 is 11.6 Å². The number of benzene rings is 3. The molecule has 0 aliphatic carbocycles. The minimum atomic E-state index is -2.91. The van der Waals surface area contributed by atoms with Crippen LogP contribution in [-0.2, 0) is 6.61 Å². The molecule has 1 amide bonds. The molecule has 3 aromatic carbocycles. The third-order valence-corrected chi connectivity index (χ3v) is 4.29. The Hall–Kier alpha value is -3.81. The van der Waals surface area contributed by atoms with Gasteiger partial charge in [-0.25, -0.2) is 0 Å². The molecular weight excluding hydrogens is 408 g/mol. The number of carbonyl (C=O) groups excluding carboxylic acids is 1. The van der Waals surface area contributed by atoms with E-state index in [2.05, 4.69) is 10.1 Å². The lowest BCUT2D eigenvalue weighted by Crippen LogP contribution is -2.13. The van der Waals surface area contributed by atoms with E-state index in [-0.39, 0.29) is 11.3 Å². The van der Waals surface area contributed by atoms with Crippen molar-refractivity contribution in [3.05, 3.63) is 77.9 Å². The normalized spacial score (nSPS) is 10.5. The summed E-state index contributed by atoms with van der Waals surface area (Å²) in [4.78, 5) is 12.7. The molecule has 3 aromatic rings. The average molecular weight is 429 g/mol. The van der Waals surface area contributed by atoms with Gasteiger partial charge < -0.3 is 24.3 Å². The SMILES string of the molecule is COc1cc(C(=O)Nc2ccc(OC(F)F)cc2)cc(OC)c1OCc1ccccc1. The van der Waals surface area contributed by atoms with Gasteiger partial charge in [0.1, 0.15) is 12.4 Å². The molecule has 6 nitrogen and oxygen atoms in total. The molecule has 0 saturated heterocycles. The van der Waals surface area contributed by atoms with Gasteiger partial charge in [0, 0.05) is 11.3 Å². The zero-order chi connectivity index (χ0) is 22.2. The summed E-state index contributed by atoms with van der Waals surface area (Å²) in [5, 5.41) is 2.68. The number of hydrogen-bond acceptors (Lipinski definition) is 5. The van der Waals surface area contributed by atoms with Gasteiger partial charge in [0.05, 0.1) is 14.2 Å². The van der Waals surface area contributed by atoms with Crippen molar-refractivity contribution in [1.29, 1.82) is 0 Å². The van der Waals surface area contributed by atoms with Crippen molar-refractivity contribution in [3.63, 3.8) is 0 Å². The topological polar surface area (TPSA) is 66.0 Å². The maximum absolute atomic E-state index is 12.7. The average Bonchev–Trinajstić information content (AvgIpc) is 2.78. The first-order valence-electron chi connectivity index (χ1n) is 9.29. The predicted molar refractivity (Wildman–Crippen MR) is 111 cm³/mol. The van der Waals surface area contributed by atoms with Gasteiger partial charge in [-0.2, -0.15) is 8.78 Å². The number of halogens is 2. The van der Waals surface area contributed by atoms with Gasteiger partial charge in [-0.3, -0.25) is 4.79 Å². The van der Waals surface area contributed by atoms with Crippen LogP contribution in [0.1, 0.15) is 15.9 Å². The first-order valence-corrected chi connectivity index (χ1v) is 9.29. The highest BCUT2D eigenvalue weighted by Gasteiger charge is 2.18. The number of carbonyl (C=O) groups is 1. The van der Waals surface area contributed by atoms with Crippen LogP contribution in [0.15, 0.2) is 66.7 Å². The second-order valence-corrected chi connectivity index (χ2v) is 6.34. The molecule has 8 heteroatoms. The van der Waals surface area contributed by atoms with Gasteiger partial charge in [-0.05, 0) is 42.0 Å². The van der Waals surface area contributed by atoms with Crippen LogP contribution in [0.25, 0.3) is 0 Å². The molecule has 3 rings (SSSR count). The van der Waals surface area contributed by atoms with E-state index in [4.69, 9.17) is 14.2 Å². The van der Waals surface area contributed by atoms with Crippen molar-refractivity contribution in [2.75, 3.05) is 19.5 Å². The maximum Gasteiger partial charge on any atom is 0.387 e. The van der Waals surface area contributed by atoms with Gasteiger partial charge in [0.15, 0.2) is 11.5 Å². The summed E-state index contributed by atoms with van der Waals surface area (Å²) < 4.78 is 45.5. The van der Waals surface area contributed by atoms with Crippen LogP contribution >= 0.6 is 0 Å². The molecule has 0 spiro atoms. The third kappa shape index (κ3) is 5.85. The summed E-state index contributed by atoms with van der Waals surface area (Å²) in [6.45, 7) is -2.62. The third-order valence-electron chi connectivity index (χ3n) is 4.29. The fourth-order valence-corrected chi connectivity index (χ4v) is 2.81. The molecular formula is C23H21F2NO5. The van der Waals surface area contributed by atoms with Crippen molar-refractivity contribution in [3.8, 4) is 23.0 Å². The lowest BCUT2D eigenvalue weighted by molar-refractivity contribution is -0.0498. The Morgan fingerprint density at radius 2 is 1.55 bits per heavy atom. The van der Waals surface area contributed by atoms with E-state index >= 15 is 0 Å². The summed E-state index contributed by atoms with van der Waals surface area (Å²) >= 11 is 0. The molecule has 31 heavy (non-hydrogen) atoms. The second-order valence-electron chi connectivity index (χ2n) is 6.34. The highest BCUT2D eigenvalue weighted by Crippen LogP contribution is 2.39. The lowest BCUT2D eigenvalue weighted by Gasteiger charge is -2.16. The number of ether oxygens (including phenoxy) is 4. The Kier molecular flexibility index (Phi) is 7.26. The summed E-state index contributed by atoms with van der Waals surface area (Å²) in [6, 6.07) is 18.3. The number of hydrogen-bond donors (Lipinski definition) is 1. The van der Waals surface area contributed by atoms with Crippen LogP contribution in [0.3, 0.4) is 0 Å². The molecule has 0 unspecified atom stereocenters. The van der Waals surface area contributed by atoms with E-state index in [1.165, 1.54) is 50.6 Å². The quantitative estimate of drug-likeness (QED) is 0.510. The number of nitrogens with one attached hydrogen (secondary N) is 1. The van der Waals surface area contributed by atoms with E-state index in [9.17, 15) is 13.6 Å². The van der Waals surface area contributed by atoms with Crippen molar-refractivity contribution in [2.24, 2.45) is 0 Å². The molecule has 0 aromatic heterocycles. The summed E-state index contributed by atoms with van der Waals surface area (Å²) in [7, 11) is 2.93.